The van der Waals surface area contributed by atoms with E-state index >= 15 is 0 Å². The summed E-state index contributed by atoms with van der Waals surface area (Å²) in [6, 6.07) is -0.624. The van der Waals surface area contributed by atoms with E-state index in [1.54, 1.807) is 6.08 Å². The molecule has 0 saturated heterocycles. The van der Waals surface area contributed by atoms with Gasteiger partial charge in [0.25, 0.3) is 0 Å². The second-order valence-corrected chi connectivity index (χ2v) is 24.6. The Labute approximate surface area is 482 Å². The normalized spacial score (nSPS) is 12.5. The number of rotatable bonds is 67. The molecular weight excluding hydrogens is 947 g/mol. The molecule has 0 saturated carbocycles. The van der Waals surface area contributed by atoms with Gasteiger partial charge in [0.15, 0.2) is 0 Å². The zero-order valence-electron chi connectivity index (χ0n) is 52.5. The zero-order valence-corrected chi connectivity index (χ0v) is 52.5. The van der Waals surface area contributed by atoms with Crippen LogP contribution in [0.1, 0.15) is 406 Å². The lowest BCUT2D eigenvalue weighted by molar-refractivity contribution is -0.143. The minimum atomic E-state index is -0.841. The number of nitrogens with one attached hydrogen (secondary N) is 1. The van der Waals surface area contributed by atoms with Crippen LogP contribution in [-0.4, -0.2) is 47.4 Å². The monoisotopic (exact) mass is 1090 g/mol. The minimum absolute atomic E-state index is 0.0234. The third-order valence-corrected chi connectivity index (χ3v) is 16.8. The number of carbonyl (C=O) groups excluding carboxylic acids is 2. The molecule has 3 N–H and O–H groups in total. The molecule has 0 bridgehead atoms. The number of unbranched alkanes of at least 4 members (excludes halogenated alkanes) is 56. The average molecular weight is 1090 g/mol. The third kappa shape index (κ3) is 63.6. The van der Waals surface area contributed by atoms with Crippen LogP contribution in [0.4, 0.5) is 0 Å². The van der Waals surface area contributed by atoms with Gasteiger partial charge in [0, 0.05) is 12.8 Å². The van der Waals surface area contributed by atoms with E-state index in [4.69, 9.17) is 4.74 Å². The summed E-state index contributed by atoms with van der Waals surface area (Å²) in [5.74, 6) is -0.0385. The van der Waals surface area contributed by atoms with Crippen LogP contribution in [0, 0.1) is 0 Å². The van der Waals surface area contributed by atoms with Crippen molar-refractivity contribution < 1.29 is 24.5 Å². The SMILES string of the molecule is CCCCCCCCCCCCCCC/C=C/C(O)C(CO)NC(=O)CCCCCCCCCCCCCCCCCCCCCCCCCCCCCCOC(=O)CCCCCCCCCCCCCCCCCCC. The minimum Gasteiger partial charge on any atom is -0.466 e. The summed E-state index contributed by atoms with van der Waals surface area (Å²) in [7, 11) is 0. The molecule has 0 rings (SSSR count). The van der Waals surface area contributed by atoms with Crippen LogP contribution < -0.4 is 5.32 Å². The second-order valence-electron chi connectivity index (χ2n) is 24.6. The van der Waals surface area contributed by atoms with Gasteiger partial charge in [0.1, 0.15) is 0 Å². The van der Waals surface area contributed by atoms with E-state index in [-0.39, 0.29) is 18.5 Å². The van der Waals surface area contributed by atoms with Gasteiger partial charge in [-0.25, -0.2) is 0 Å². The maximum absolute atomic E-state index is 12.5. The first-order valence-electron chi connectivity index (χ1n) is 35.5. The Morgan fingerprint density at radius 2 is 0.597 bits per heavy atom. The lowest BCUT2D eigenvalue weighted by Gasteiger charge is -2.20. The van der Waals surface area contributed by atoms with Crippen molar-refractivity contribution in [3.63, 3.8) is 0 Å². The molecule has 0 aliphatic carbocycles. The van der Waals surface area contributed by atoms with Crippen molar-refractivity contribution in [2.45, 2.75) is 418 Å². The maximum Gasteiger partial charge on any atom is 0.305 e. The fourth-order valence-corrected chi connectivity index (χ4v) is 11.4. The van der Waals surface area contributed by atoms with Gasteiger partial charge in [-0.1, -0.05) is 373 Å². The van der Waals surface area contributed by atoms with Crippen molar-refractivity contribution >= 4 is 11.9 Å². The van der Waals surface area contributed by atoms with Crippen molar-refractivity contribution in [3.05, 3.63) is 12.2 Å². The smallest absolute Gasteiger partial charge is 0.305 e. The van der Waals surface area contributed by atoms with E-state index in [1.165, 1.54) is 340 Å². The lowest BCUT2D eigenvalue weighted by atomic mass is 10.0. The molecule has 0 radical (unpaired) electrons. The Hall–Kier alpha value is -1.40. The molecule has 2 atom stereocenters. The number of esters is 1. The van der Waals surface area contributed by atoms with Crippen LogP contribution in [0.2, 0.25) is 0 Å². The predicted octanol–water partition coefficient (Wildman–Crippen LogP) is 22.8. The van der Waals surface area contributed by atoms with Crippen LogP contribution >= 0.6 is 0 Å². The Bertz CT molecular complexity index is 1160. The predicted molar refractivity (Wildman–Crippen MR) is 338 cm³/mol. The summed E-state index contributed by atoms with van der Waals surface area (Å²) in [5.41, 5.74) is 0. The highest BCUT2D eigenvalue weighted by Gasteiger charge is 2.18. The average Bonchev–Trinajstić information content (AvgIpc) is 3.43. The highest BCUT2D eigenvalue weighted by molar-refractivity contribution is 5.76. The van der Waals surface area contributed by atoms with Crippen LogP contribution in [0.5, 0.6) is 0 Å². The van der Waals surface area contributed by atoms with Gasteiger partial charge in [-0.3, -0.25) is 9.59 Å². The summed E-state index contributed by atoms with van der Waals surface area (Å²) in [6.07, 6.45) is 83.0. The Morgan fingerprint density at radius 1 is 0.351 bits per heavy atom. The molecular formula is C71H139NO5. The van der Waals surface area contributed by atoms with Crippen LogP contribution in [0.25, 0.3) is 0 Å². The quantitative estimate of drug-likeness (QED) is 0.0320. The molecule has 0 fully saturated rings. The maximum atomic E-state index is 12.5. The molecule has 0 aromatic carbocycles. The van der Waals surface area contributed by atoms with Crippen molar-refractivity contribution in [1.82, 2.24) is 5.32 Å². The number of hydrogen-bond donors (Lipinski definition) is 3. The lowest BCUT2D eigenvalue weighted by Crippen LogP contribution is -2.45. The molecule has 1 amide bonds. The van der Waals surface area contributed by atoms with Gasteiger partial charge in [-0.2, -0.15) is 0 Å². The fourth-order valence-electron chi connectivity index (χ4n) is 11.4. The number of hydrogen-bond acceptors (Lipinski definition) is 5. The molecule has 0 aliphatic heterocycles. The van der Waals surface area contributed by atoms with Gasteiger partial charge in [-0.15, -0.1) is 0 Å². The van der Waals surface area contributed by atoms with E-state index in [0.29, 0.717) is 19.4 Å². The van der Waals surface area contributed by atoms with Gasteiger partial charge >= 0.3 is 5.97 Å². The Balaban J connectivity index is 3.33. The topological polar surface area (TPSA) is 95.9 Å². The summed E-state index contributed by atoms with van der Waals surface area (Å²) in [4.78, 5) is 24.6. The summed E-state index contributed by atoms with van der Waals surface area (Å²) in [6.45, 7) is 4.95. The van der Waals surface area contributed by atoms with Crippen molar-refractivity contribution in [3.8, 4) is 0 Å². The van der Waals surface area contributed by atoms with Gasteiger partial charge < -0.3 is 20.3 Å². The number of aliphatic hydroxyl groups is 2. The van der Waals surface area contributed by atoms with Crippen LogP contribution in [-0.2, 0) is 14.3 Å². The molecule has 458 valence electrons. The fraction of sp³-hybridized carbons (Fsp3) is 0.944. The van der Waals surface area contributed by atoms with Gasteiger partial charge in [-0.05, 0) is 32.1 Å². The van der Waals surface area contributed by atoms with Crippen molar-refractivity contribution in [2.75, 3.05) is 13.2 Å². The molecule has 0 aliphatic rings. The van der Waals surface area contributed by atoms with Gasteiger partial charge in [0.2, 0.25) is 5.91 Å². The van der Waals surface area contributed by atoms with Crippen molar-refractivity contribution in [1.29, 1.82) is 0 Å². The molecule has 0 aromatic rings. The molecule has 77 heavy (non-hydrogen) atoms. The molecule has 0 heterocycles. The standard InChI is InChI=1S/C71H139NO5/c1-3-5-7-9-11-13-15-17-19-32-37-41-45-49-53-57-61-65-71(76)77-66-62-58-54-50-46-42-38-34-31-29-27-25-23-21-20-22-24-26-28-30-33-36-40-44-48-52-56-60-64-70(75)72-68(67-73)69(74)63-59-55-51-47-43-39-35-18-16-14-12-10-8-6-4-2/h59,63,68-69,73-74H,3-58,60-62,64-67H2,1-2H3,(H,72,75)/b63-59+. The third-order valence-electron chi connectivity index (χ3n) is 16.8. The van der Waals surface area contributed by atoms with E-state index in [9.17, 15) is 19.8 Å². The first-order valence-corrected chi connectivity index (χ1v) is 35.5. The summed E-state index contributed by atoms with van der Waals surface area (Å²) >= 11 is 0. The Kier molecular flexibility index (Phi) is 65.9. The largest absolute Gasteiger partial charge is 0.466 e. The highest BCUT2D eigenvalue weighted by atomic mass is 16.5. The van der Waals surface area contributed by atoms with E-state index in [1.807, 2.05) is 6.08 Å². The van der Waals surface area contributed by atoms with Crippen LogP contribution in [0.15, 0.2) is 12.2 Å². The van der Waals surface area contributed by atoms with Crippen LogP contribution in [0.3, 0.4) is 0 Å². The zero-order chi connectivity index (χ0) is 55.7. The first kappa shape index (κ1) is 75.6. The Morgan fingerprint density at radius 3 is 0.883 bits per heavy atom. The summed E-state index contributed by atoms with van der Waals surface area (Å²) in [5, 5.41) is 23.2. The molecule has 0 aromatic heterocycles. The second kappa shape index (κ2) is 67.1. The molecule has 6 heteroatoms. The summed E-state index contributed by atoms with van der Waals surface area (Å²) < 4.78 is 5.51. The number of carbonyl (C=O) groups is 2. The van der Waals surface area contributed by atoms with Crippen molar-refractivity contribution in [2.24, 2.45) is 0 Å². The number of ether oxygens (including phenoxy) is 1. The first-order chi connectivity index (χ1) is 38.0. The number of amides is 1. The molecule has 2 unspecified atom stereocenters. The van der Waals surface area contributed by atoms with Gasteiger partial charge in [0.05, 0.1) is 25.4 Å². The molecule has 6 nitrogen and oxygen atoms in total. The molecule has 0 spiro atoms. The number of allylic oxidation sites excluding steroid dienone is 1. The number of aliphatic hydroxyl groups excluding tert-OH is 2. The van der Waals surface area contributed by atoms with E-state index in [2.05, 4.69) is 19.2 Å². The van der Waals surface area contributed by atoms with E-state index < -0.39 is 12.1 Å². The van der Waals surface area contributed by atoms with E-state index in [0.717, 1.165) is 38.5 Å². The highest BCUT2D eigenvalue weighted by Crippen LogP contribution is 2.19.